The molecule has 0 amide bonds. The second kappa shape index (κ2) is 6.83. The van der Waals surface area contributed by atoms with Crippen molar-refractivity contribution in [2.45, 2.75) is 26.7 Å². The maximum atomic E-state index is 10.5. The Balaban J connectivity index is 2.27. The molecule has 16 heavy (non-hydrogen) atoms. The van der Waals surface area contributed by atoms with Gasteiger partial charge in [-0.25, -0.2) is 0 Å². The molecule has 0 aliphatic carbocycles. The van der Waals surface area contributed by atoms with Gasteiger partial charge in [0.15, 0.2) is 0 Å². The summed E-state index contributed by atoms with van der Waals surface area (Å²) in [6.07, 6.45) is 5.51. The molecule has 0 bridgehead atoms. The van der Waals surface area contributed by atoms with Crippen molar-refractivity contribution in [3.05, 3.63) is 48.2 Å². The Morgan fingerprint density at radius 3 is 2.69 bits per heavy atom. The molecule has 0 N–H and O–H groups in total. The van der Waals surface area contributed by atoms with Gasteiger partial charge >= 0.3 is 5.97 Å². The molecule has 1 aromatic rings. The number of ether oxygens (including phenoxy) is 1. The number of hydrogen-bond acceptors (Lipinski definition) is 2. The zero-order valence-electron chi connectivity index (χ0n) is 9.85. The molecule has 0 radical (unpaired) electrons. The molecule has 1 rings (SSSR count). The molecule has 1 atom stereocenters. The van der Waals surface area contributed by atoms with Crippen LogP contribution < -0.4 is 0 Å². The van der Waals surface area contributed by atoms with Crippen molar-refractivity contribution in [3.8, 4) is 0 Å². The lowest BCUT2D eigenvalue weighted by Crippen LogP contribution is -1.95. The highest BCUT2D eigenvalue weighted by molar-refractivity contribution is 5.66. The largest absolute Gasteiger partial charge is 0.435 e. The first-order valence-corrected chi connectivity index (χ1v) is 5.56. The van der Waals surface area contributed by atoms with E-state index < -0.39 is 0 Å². The lowest BCUT2D eigenvalue weighted by molar-refractivity contribution is -0.135. The Morgan fingerprint density at radius 1 is 1.38 bits per heavy atom. The van der Waals surface area contributed by atoms with Gasteiger partial charge in [0.2, 0.25) is 0 Å². The van der Waals surface area contributed by atoms with Gasteiger partial charge in [0.1, 0.15) is 0 Å². The summed E-state index contributed by atoms with van der Waals surface area (Å²) in [5.41, 5.74) is 1.34. The Labute approximate surface area is 96.9 Å². The van der Waals surface area contributed by atoms with Crippen molar-refractivity contribution in [2.24, 2.45) is 5.92 Å². The maximum absolute atomic E-state index is 10.5. The first-order chi connectivity index (χ1) is 7.68. The number of carbonyl (C=O) groups is 1. The van der Waals surface area contributed by atoms with Crippen molar-refractivity contribution >= 4 is 5.97 Å². The van der Waals surface area contributed by atoms with Crippen molar-refractivity contribution in [2.75, 3.05) is 0 Å². The van der Waals surface area contributed by atoms with E-state index in [1.54, 1.807) is 0 Å². The van der Waals surface area contributed by atoms with Crippen LogP contribution in [0.25, 0.3) is 0 Å². The predicted molar refractivity (Wildman–Crippen MR) is 64.8 cm³/mol. The topological polar surface area (TPSA) is 26.3 Å². The number of hydrogen-bond donors (Lipinski definition) is 0. The molecule has 2 nitrogen and oxygen atoms in total. The minimum absolute atomic E-state index is 0.272. The van der Waals surface area contributed by atoms with Crippen LogP contribution in [0.5, 0.6) is 0 Å². The molecular formula is C14H18O2. The third-order valence-corrected chi connectivity index (χ3v) is 2.37. The van der Waals surface area contributed by atoms with E-state index in [0.29, 0.717) is 5.92 Å². The van der Waals surface area contributed by atoms with Crippen molar-refractivity contribution in [3.63, 3.8) is 0 Å². The molecule has 0 saturated carbocycles. The summed E-state index contributed by atoms with van der Waals surface area (Å²) in [5, 5.41) is 0. The zero-order valence-corrected chi connectivity index (χ0v) is 9.85. The van der Waals surface area contributed by atoms with Gasteiger partial charge in [-0.3, -0.25) is 4.79 Å². The lowest BCUT2D eigenvalue weighted by Gasteiger charge is -2.05. The van der Waals surface area contributed by atoms with Gasteiger partial charge in [-0.1, -0.05) is 37.3 Å². The normalized spacial score (nSPS) is 12.6. The molecule has 0 aromatic heterocycles. The van der Waals surface area contributed by atoms with E-state index in [4.69, 9.17) is 4.74 Å². The van der Waals surface area contributed by atoms with Crippen molar-refractivity contribution in [1.29, 1.82) is 0 Å². The minimum atomic E-state index is -0.272. The second-order valence-corrected chi connectivity index (χ2v) is 3.94. The number of esters is 1. The van der Waals surface area contributed by atoms with Crippen LogP contribution in [0.3, 0.4) is 0 Å². The SMILES string of the molecule is CC(=O)OC=CC(C)CCc1ccccc1. The van der Waals surface area contributed by atoms with E-state index >= 15 is 0 Å². The Hall–Kier alpha value is -1.57. The van der Waals surface area contributed by atoms with Crippen LogP contribution >= 0.6 is 0 Å². The molecule has 2 heteroatoms. The summed E-state index contributed by atoms with van der Waals surface area (Å²) >= 11 is 0. The molecular weight excluding hydrogens is 200 g/mol. The lowest BCUT2D eigenvalue weighted by atomic mass is 10.0. The summed E-state index contributed by atoms with van der Waals surface area (Å²) in [4.78, 5) is 10.5. The minimum Gasteiger partial charge on any atom is -0.435 e. The van der Waals surface area contributed by atoms with Gasteiger partial charge in [0, 0.05) is 6.92 Å². The first kappa shape index (κ1) is 12.5. The van der Waals surface area contributed by atoms with E-state index in [-0.39, 0.29) is 5.97 Å². The number of benzene rings is 1. The number of carbonyl (C=O) groups excluding carboxylic acids is 1. The summed E-state index contributed by atoms with van der Waals surface area (Å²) in [5.74, 6) is 0.145. The molecule has 86 valence electrons. The summed E-state index contributed by atoms with van der Waals surface area (Å²) in [7, 11) is 0. The average molecular weight is 218 g/mol. The highest BCUT2D eigenvalue weighted by Crippen LogP contribution is 2.10. The number of aryl methyl sites for hydroxylation is 1. The van der Waals surface area contributed by atoms with E-state index in [9.17, 15) is 4.79 Å². The molecule has 0 aliphatic heterocycles. The number of allylic oxidation sites excluding steroid dienone is 1. The molecule has 0 heterocycles. The monoisotopic (exact) mass is 218 g/mol. The third kappa shape index (κ3) is 5.35. The fourth-order valence-corrected chi connectivity index (χ4v) is 1.40. The van der Waals surface area contributed by atoms with Gasteiger partial charge in [-0.2, -0.15) is 0 Å². The van der Waals surface area contributed by atoms with Gasteiger partial charge in [-0.05, 0) is 30.4 Å². The molecule has 1 unspecified atom stereocenters. The molecule has 0 fully saturated rings. The van der Waals surface area contributed by atoms with Crippen molar-refractivity contribution < 1.29 is 9.53 Å². The van der Waals surface area contributed by atoms with Gasteiger partial charge in [-0.15, -0.1) is 0 Å². The fourth-order valence-electron chi connectivity index (χ4n) is 1.40. The van der Waals surface area contributed by atoms with Crippen LogP contribution in [0.15, 0.2) is 42.7 Å². The van der Waals surface area contributed by atoms with Gasteiger partial charge in [0.25, 0.3) is 0 Å². The average Bonchev–Trinajstić information content (AvgIpc) is 2.27. The fraction of sp³-hybridized carbons (Fsp3) is 0.357. The molecule has 0 saturated heterocycles. The zero-order chi connectivity index (χ0) is 11.8. The van der Waals surface area contributed by atoms with Crippen molar-refractivity contribution in [1.82, 2.24) is 0 Å². The van der Waals surface area contributed by atoms with Gasteiger partial charge < -0.3 is 4.74 Å². The predicted octanol–water partition coefficient (Wildman–Crippen LogP) is 3.33. The van der Waals surface area contributed by atoms with Crippen LogP contribution in [0.1, 0.15) is 25.8 Å². The Bertz CT molecular complexity index is 341. The van der Waals surface area contributed by atoms with Crippen LogP contribution in [0.2, 0.25) is 0 Å². The van der Waals surface area contributed by atoms with E-state index in [2.05, 4.69) is 31.2 Å². The Kier molecular flexibility index (Phi) is 5.34. The third-order valence-electron chi connectivity index (χ3n) is 2.37. The quantitative estimate of drug-likeness (QED) is 0.559. The molecule has 1 aromatic carbocycles. The highest BCUT2D eigenvalue weighted by atomic mass is 16.5. The smallest absolute Gasteiger partial charge is 0.307 e. The van der Waals surface area contributed by atoms with E-state index in [1.165, 1.54) is 18.7 Å². The van der Waals surface area contributed by atoms with Crippen LogP contribution in [-0.4, -0.2) is 5.97 Å². The number of rotatable bonds is 5. The van der Waals surface area contributed by atoms with E-state index in [1.807, 2.05) is 12.1 Å². The van der Waals surface area contributed by atoms with Crippen LogP contribution in [0.4, 0.5) is 0 Å². The summed E-state index contributed by atoms with van der Waals surface area (Å²) < 4.78 is 4.75. The molecule has 0 spiro atoms. The maximum Gasteiger partial charge on any atom is 0.307 e. The van der Waals surface area contributed by atoms with Crippen LogP contribution in [-0.2, 0) is 16.0 Å². The van der Waals surface area contributed by atoms with Crippen LogP contribution in [0, 0.1) is 5.92 Å². The first-order valence-electron chi connectivity index (χ1n) is 5.56. The summed E-state index contributed by atoms with van der Waals surface area (Å²) in [6, 6.07) is 10.4. The highest BCUT2D eigenvalue weighted by Gasteiger charge is 1.98. The van der Waals surface area contributed by atoms with Gasteiger partial charge in [0.05, 0.1) is 6.26 Å². The van der Waals surface area contributed by atoms with E-state index in [0.717, 1.165) is 12.8 Å². The molecule has 0 aliphatic rings. The second-order valence-electron chi connectivity index (χ2n) is 3.94. The standard InChI is InChI=1S/C14H18O2/c1-12(10-11-16-13(2)15)8-9-14-6-4-3-5-7-14/h3-7,10-12H,8-9H2,1-2H3. The Morgan fingerprint density at radius 2 is 2.06 bits per heavy atom. The summed E-state index contributed by atoms with van der Waals surface area (Å²) in [6.45, 7) is 3.52.